The second-order valence-corrected chi connectivity index (χ2v) is 6.92. The number of nitrogens with zero attached hydrogens (tertiary/aromatic N) is 2. The highest BCUT2D eigenvalue weighted by molar-refractivity contribution is 14.0. The van der Waals surface area contributed by atoms with Gasteiger partial charge in [-0.15, -0.1) is 24.0 Å². The van der Waals surface area contributed by atoms with E-state index >= 15 is 0 Å². The van der Waals surface area contributed by atoms with Crippen LogP contribution in [0.15, 0.2) is 4.99 Å². The molecular weight excluding hydrogens is 423 g/mol. The van der Waals surface area contributed by atoms with Crippen molar-refractivity contribution in [3.8, 4) is 0 Å². The highest BCUT2D eigenvalue weighted by atomic mass is 127. The van der Waals surface area contributed by atoms with E-state index in [1.165, 1.54) is 0 Å². The lowest BCUT2D eigenvalue weighted by Gasteiger charge is -2.38. The van der Waals surface area contributed by atoms with Crippen LogP contribution in [-0.2, 0) is 14.3 Å². The van der Waals surface area contributed by atoms with Gasteiger partial charge in [0.2, 0.25) is 5.91 Å². The molecule has 0 saturated carbocycles. The Morgan fingerprint density at radius 2 is 2.12 bits per heavy atom. The van der Waals surface area contributed by atoms with Gasteiger partial charge in [0.15, 0.2) is 5.96 Å². The number of rotatable bonds is 4. The van der Waals surface area contributed by atoms with E-state index in [2.05, 4.69) is 29.5 Å². The largest absolute Gasteiger partial charge is 0.378 e. The highest BCUT2D eigenvalue weighted by Crippen LogP contribution is 2.32. The van der Waals surface area contributed by atoms with Crippen molar-refractivity contribution >= 4 is 35.8 Å². The topological polar surface area (TPSA) is 75.2 Å². The lowest BCUT2D eigenvalue weighted by atomic mass is 9.90. The van der Waals surface area contributed by atoms with Crippen molar-refractivity contribution in [3.63, 3.8) is 0 Å². The van der Waals surface area contributed by atoms with Crippen LogP contribution < -0.4 is 10.6 Å². The molecule has 2 rings (SSSR count). The molecule has 0 aromatic rings. The predicted molar refractivity (Wildman–Crippen MR) is 105 cm³/mol. The SMILES string of the molecule is CC(C)NC(=NCC(=O)N(C)C)NC1CCOC2(CCOC2)C1.I. The summed E-state index contributed by atoms with van der Waals surface area (Å²) in [7, 11) is 3.48. The molecule has 1 spiro atoms. The molecule has 2 heterocycles. The maximum Gasteiger partial charge on any atom is 0.243 e. The van der Waals surface area contributed by atoms with E-state index in [0.717, 1.165) is 32.5 Å². The Hall–Kier alpha value is -0.610. The van der Waals surface area contributed by atoms with Gasteiger partial charge in [0, 0.05) is 45.8 Å². The number of guanidine groups is 1. The molecule has 8 heteroatoms. The van der Waals surface area contributed by atoms with E-state index in [9.17, 15) is 4.79 Å². The van der Waals surface area contributed by atoms with Gasteiger partial charge in [0.05, 0.1) is 12.2 Å². The second-order valence-electron chi connectivity index (χ2n) is 6.92. The zero-order valence-electron chi connectivity index (χ0n) is 15.1. The molecule has 0 aliphatic carbocycles. The monoisotopic (exact) mass is 454 g/mol. The molecule has 2 atom stereocenters. The quantitative estimate of drug-likeness (QED) is 0.377. The molecule has 24 heavy (non-hydrogen) atoms. The van der Waals surface area contributed by atoms with Crippen molar-refractivity contribution in [2.75, 3.05) is 40.5 Å². The van der Waals surface area contributed by atoms with E-state index < -0.39 is 0 Å². The van der Waals surface area contributed by atoms with Crippen LogP contribution in [0.25, 0.3) is 0 Å². The third-order valence-electron chi connectivity index (χ3n) is 4.20. The summed E-state index contributed by atoms with van der Waals surface area (Å²) in [5.74, 6) is 0.679. The fourth-order valence-electron chi connectivity index (χ4n) is 2.90. The molecule has 2 saturated heterocycles. The van der Waals surface area contributed by atoms with Gasteiger partial charge in [-0.3, -0.25) is 4.79 Å². The molecule has 2 aliphatic heterocycles. The third kappa shape index (κ3) is 6.36. The Morgan fingerprint density at radius 3 is 2.71 bits per heavy atom. The van der Waals surface area contributed by atoms with Gasteiger partial charge in [0.1, 0.15) is 6.54 Å². The summed E-state index contributed by atoms with van der Waals surface area (Å²) in [6.45, 7) is 6.44. The number of ether oxygens (including phenoxy) is 2. The van der Waals surface area contributed by atoms with Gasteiger partial charge in [-0.2, -0.15) is 0 Å². The predicted octanol–water partition coefficient (Wildman–Crippen LogP) is 0.974. The smallest absolute Gasteiger partial charge is 0.243 e. The number of hydrogen-bond acceptors (Lipinski definition) is 4. The van der Waals surface area contributed by atoms with Crippen LogP contribution in [0.2, 0.25) is 0 Å². The summed E-state index contributed by atoms with van der Waals surface area (Å²) in [6, 6.07) is 0.532. The lowest BCUT2D eigenvalue weighted by Crippen LogP contribution is -2.52. The van der Waals surface area contributed by atoms with Crippen molar-refractivity contribution in [1.82, 2.24) is 15.5 Å². The summed E-state index contributed by atoms with van der Waals surface area (Å²) in [4.78, 5) is 17.7. The molecule has 1 amide bonds. The van der Waals surface area contributed by atoms with Gasteiger partial charge in [-0.1, -0.05) is 0 Å². The van der Waals surface area contributed by atoms with Crippen molar-refractivity contribution < 1.29 is 14.3 Å². The first-order valence-electron chi connectivity index (χ1n) is 8.39. The molecule has 2 aliphatic rings. The average molecular weight is 454 g/mol. The van der Waals surface area contributed by atoms with E-state index in [-0.39, 0.29) is 54.1 Å². The zero-order chi connectivity index (χ0) is 16.9. The number of aliphatic imine (C=N–C) groups is 1. The molecule has 140 valence electrons. The van der Waals surface area contributed by atoms with Gasteiger partial charge in [-0.05, 0) is 26.7 Å². The number of carbonyl (C=O) groups is 1. The Bertz CT molecular complexity index is 437. The third-order valence-corrected chi connectivity index (χ3v) is 4.20. The number of nitrogens with one attached hydrogen (secondary N) is 2. The Labute approximate surface area is 161 Å². The minimum atomic E-state index is -0.141. The molecular formula is C16H31IN4O3. The highest BCUT2D eigenvalue weighted by Gasteiger charge is 2.41. The number of amides is 1. The Kier molecular flexibility index (Phi) is 8.72. The standard InChI is InChI=1S/C16H30N4O3.HI/c1-12(2)18-15(17-10-14(21)20(3)4)19-13-5-7-23-16(9-13)6-8-22-11-16;/h12-13H,5-11H2,1-4H3,(H2,17,18,19);1H. The summed E-state index contributed by atoms with van der Waals surface area (Å²) >= 11 is 0. The van der Waals surface area contributed by atoms with Crippen LogP contribution in [0, 0.1) is 0 Å². The normalized spacial score (nSPS) is 27.0. The van der Waals surface area contributed by atoms with E-state index in [1.54, 1.807) is 19.0 Å². The Balaban J connectivity index is 0.00000288. The molecule has 2 unspecified atom stereocenters. The van der Waals surface area contributed by atoms with Crippen LogP contribution in [0.1, 0.15) is 33.1 Å². The van der Waals surface area contributed by atoms with Gasteiger partial charge < -0.3 is 25.0 Å². The van der Waals surface area contributed by atoms with Crippen LogP contribution in [0.3, 0.4) is 0 Å². The van der Waals surface area contributed by atoms with Crippen molar-refractivity contribution in [1.29, 1.82) is 0 Å². The van der Waals surface area contributed by atoms with Crippen LogP contribution in [-0.4, -0.2) is 74.9 Å². The number of hydrogen-bond donors (Lipinski definition) is 2. The second kappa shape index (κ2) is 9.76. The summed E-state index contributed by atoms with van der Waals surface area (Å²) in [5, 5.41) is 6.76. The van der Waals surface area contributed by atoms with Crippen molar-refractivity contribution in [3.05, 3.63) is 0 Å². The van der Waals surface area contributed by atoms with Crippen LogP contribution >= 0.6 is 24.0 Å². The first-order chi connectivity index (χ1) is 10.9. The summed E-state index contributed by atoms with van der Waals surface area (Å²) in [5.41, 5.74) is -0.141. The number of carbonyl (C=O) groups excluding carboxylic acids is 1. The molecule has 0 aromatic carbocycles. The van der Waals surface area contributed by atoms with E-state index in [1.807, 2.05) is 0 Å². The fourth-order valence-corrected chi connectivity index (χ4v) is 2.90. The van der Waals surface area contributed by atoms with Crippen molar-refractivity contribution in [2.45, 2.75) is 50.8 Å². The lowest BCUT2D eigenvalue weighted by molar-refractivity contribution is -0.127. The summed E-state index contributed by atoms with van der Waals surface area (Å²) in [6.07, 6.45) is 2.80. The first-order valence-corrected chi connectivity index (χ1v) is 8.39. The molecule has 0 bridgehead atoms. The summed E-state index contributed by atoms with van der Waals surface area (Å²) < 4.78 is 11.5. The van der Waals surface area contributed by atoms with E-state index in [0.29, 0.717) is 12.6 Å². The van der Waals surface area contributed by atoms with Crippen LogP contribution in [0.4, 0.5) is 0 Å². The first kappa shape index (κ1) is 21.4. The van der Waals surface area contributed by atoms with Gasteiger partial charge >= 0.3 is 0 Å². The molecule has 0 aromatic heterocycles. The minimum absolute atomic E-state index is 0. The van der Waals surface area contributed by atoms with Crippen molar-refractivity contribution in [2.24, 2.45) is 4.99 Å². The number of halogens is 1. The minimum Gasteiger partial charge on any atom is -0.378 e. The average Bonchev–Trinajstić information content (AvgIpc) is 2.91. The van der Waals surface area contributed by atoms with E-state index in [4.69, 9.17) is 9.47 Å². The number of likely N-dealkylation sites (N-methyl/N-ethyl adjacent to an activating group) is 1. The zero-order valence-corrected chi connectivity index (χ0v) is 17.5. The molecule has 7 nitrogen and oxygen atoms in total. The molecule has 0 radical (unpaired) electrons. The molecule has 2 N–H and O–H groups in total. The Morgan fingerprint density at radius 1 is 1.38 bits per heavy atom. The van der Waals surface area contributed by atoms with Gasteiger partial charge in [0.25, 0.3) is 0 Å². The fraction of sp³-hybridized carbons (Fsp3) is 0.875. The molecule has 2 fully saturated rings. The van der Waals surface area contributed by atoms with Crippen LogP contribution in [0.5, 0.6) is 0 Å². The maximum absolute atomic E-state index is 11.8. The van der Waals surface area contributed by atoms with Gasteiger partial charge in [-0.25, -0.2) is 4.99 Å². The maximum atomic E-state index is 11.8.